The summed E-state index contributed by atoms with van der Waals surface area (Å²) < 4.78 is 0. The van der Waals surface area contributed by atoms with Crippen molar-refractivity contribution in [3.8, 4) is 5.75 Å². The number of phenols is 1. The first kappa shape index (κ1) is 24.5. The highest BCUT2D eigenvalue weighted by atomic mass is 16.4. The quantitative estimate of drug-likeness (QED) is 0.319. The van der Waals surface area contributed by atoms with Crippen molar-refractivity contribution in [1.82, 2.24) is 0 Å². The smallest absolute Gasteiger partial charge is 0.303 e. The molecule has 0 amide bonds. The van der Waals surface area contributed by atoms with Crippen molar-refractivity contribution < 1.29 is 15.0 Å². The number of benzene rings is 1. The van der Waals surface area contributed by atoms with Crippen LogP contribution >= 0.6 is 0 Å². The third-order valence-electron chi connectivity index (χ3n) is 5.73. The van der Waals surface area contributed by atoms with Crippen LogP contribution in [0.4, 0.5) is 0 Å². The molecule has 2 N–H and O–H groups in total. The molecule has 3 nitrogen and oxygen atoms in total. The minimum atomic E-state index is -0.741. The van der Waals surface area contributed by atoms with Gasteiger partial charge in [0.2, 0.25) is 0 Å². The molecule has 28 heavy (non-hydrogen) atoms. The fourth-order valence-electron chi connectivity index (χ4n) is 3.94. The number of hydrogen-bond acceptors (Lipinski definition) is 2. The third kappa shape index (κ3) is 8.24. The summed E-state index contributed by atoms with van der Waals surface area (Å²) in [6.07, 6.45) is 11.1. The zero-order valence-corrected chi connectivity index (χ0v) is 18.8. The Balaban J connectivity index is 2.82. The molecule has 1 rings (SSSR count). The normalized spacial score (nSPS) is 12.7. The lowest BCUT2D eigenvalue weighted by Gasteiger charge is -2.22. The molecule has 160 valence electrons. The first-order valence-electron chi connectivity index (χ1n) is 11.4. The third-order valence-corrected chi connectivity index (χ3v) is 5.73. The Morgan fingerprint density at radius 2 is 1.32 bits per heavy atom. The van der Waals surface area contributed by atoms with Crippen molar-refractivity contribution in [3.63, 3.8) is 0 Å². The van der Waals surface area contributed by atoms with Crippen molar-refractivity contribution in [3.05, 3.63) is 28.8 Å². The molecule has 0 aliphatic rings. The van der Waals surface area contributed by atoms with E-state index in [0.29, 0.717) is 5.75 Å². The van der Waals surface area contributed by atoms with Crippen LogP contribution in [0, 0.1) is 0 Å². The number of rotatable bonds is 14. The van der Waals surface area contributed by atoms with Crippen LogP contribution in [0.3, 0.4) is 0 Å². The molecule has 0 spiro atoms. The summed E-state index contributed by atoms with van der Waals surface area (Å²) in [5.74, 6) is 0.0926. The number of carbonyl (C=O) groups is 1. The minimum absolute atomic E-state index is 0.0215. The SMILES string of the molecule is CCCCCCCCCCC(CC(=O)O)c1cc(C(C)C)c(O)c(C(C)C)c1. The van der Waals surface area contributed by atoms with Gasteiger partial charge in [0.05, 0.1) is 6.42 Å². The van der Waals surface area contributed by atoms with Gasteiger partial charge >= 0.3 is 5.97 Å². The van der Waals surface area contributed by atoms with Crippen LogP contribution < -0.4 is 0 Å². The molecule has 1 atom stereocenters. The predicted octanol–water partition coefficient (Wildman–Crippen LogP) is 7.73. The van der Waals surface area contributed by atoms with Crippen molar-refractivity contribution in [1.29, 1.82) is 0 Å². The molecule has 0 fully saturated rings. The molecular weight excluding hydrogens is 348 g/mol. The Morgan fingerprint density at radius 1 is 0.857 bits per heavy atom. The first-order chi connectivity index (χ1) is 13.3. The Labute approximate surface area is 172 Å². The van der Waals surface area contributed by atoms with E-state index in [1.54, 1.807) is 0 Å². The van der Waals surface area contributed by atoms with Crippen LogP contribution in [0.5, 0.6) is 5.75 Å². The summed E-state index contributed by atoms with van der Waals surface area (Å²) in [5.41, 5.74) is 2.95. The van der Waals surface area contributed by atoms with Gasteiger partial charge in [0.1, 0.15) is 5.75 Å². The second kappa shape index (κ2) is 12.9. The fraction of sp³-hybridized carbons (Fsp3) is 0.720. The summed E-state index contributed by atoms with van der Waals surface area (Å²) in [6, 6.07) is 4.09. The number of aliphatic carboxylic acids is 1. The van der Waals surface area contributed by atoms with Crippen LogP contribution in [-0.2, 0) is 4.79 Å². The van der Waals surface area contributed by atoms with Gasteiger partial charge in [0.15, 0.2) is 0 Å². The molecule has 0 aliphatic heterocycles. The predicted molar refractivity (Wildman–Crippen MR) is 119 cm³/mol. The summed E-state index contributed by atoms with van der Waals surface area (Å²) in [6.45, 7) is 10.5. The van der Waals surface area contributed by atoms with Gasteiger partial charge in [-0.25, -0.2) is 0 Å². The van der Waals surface area contributed by atoms with Gasteiger partial charge in [-0.15, -0.1) is 0 Å². The van der Waals surface area contributed by atoms with E-state index in [4.69, 9.17) is 0 Å². The average molecular weight is 391 g/mol. The number of aromatic hydroxyl groups is 1. The zero-order chi connectivity index (χ0) is 21.1. The maximum Gasteiger partial charge on any atom is 0.303 e. The lowest BCUT2D eigenvalue weighted by molar-refractivity contribution is -0.137. The summed E-state index contributed by atoms with van der Waals surface area (Å²) in [7, 11) is 0. The number of hydrogen-bond donors (Lipinski definition) is 2. The first-order valence-corrected chi connectivity index (χ1v) is 11.4. The van der Waals surface area contributed by atoms with E-state index in [9.17, 15) is 15.0 Å². The van der Waals surface area contributed by atoms with Gasteiger partial charge in [-0.2, -0.15) is 0 Å². The fourth-order valence-corrected chi connectivity index (χ4v) is 3.94. The highest BCUT2D eigenvalue weighted by Crippen LogP contribution is 2.38. The highest BCUT2D eigenvalue weighted by Gasteiger charge is 2.21. The molecule has 3 heteroatoms. The van der Waals surface area contributed by atoms with E-state index >= 15 is 0 Å². The molecule has 1 unspecified atom stereocenters. The monoisotopic (exact) mass is 390 g/mol. The van der Waals surface area contributed by atoms with Crippen molar-refractivity contribution >= 4 is 5.97 Å². The average Bonchev–Trinajstić information content (AvgIpc) is 2.62. The standard InChI is InChI=1S/C25H42O3/c1-6-7-8-9-10-11-12-13-14-20(17-24(26)27)21-15-22(18(2)3)25(28)23(16-21)19(4)5/h15-16,18-20,28H,6-14,17H2,1-5H3,(H,26,27). The molecule has 1 aromatic carbocycles. The van der Waals surface area contributed by atoms with Crippen LogP contribution in [0.1, 0.15) is 133 Å². The van der Waals surface area contributed by atoms with E-state index in [0.717, 1.165) is 29.5 Å². The molecule has 0 saturated heterocycles. The maximum atomic E-state index is 11.5. The van der Waals surface area contributed by atoms with Crippen molar-refractivity contribution in [2.24, 2.45) is 0 Å². The van der Waals surface area contributed by atoms with E-state index in [2.05, 4.69) is 34.6 Å². The van der Waals surface area contributed by atoms with E-state index in [1.165, 1.54) is 44.9 Å². The van der Waals surface area contributed by atoms with Crippen LogP contribution in [0.2, 0.25) is 0 Å². The van der Waals surface area contributed by atoms with Gasteiger partial charge < -0.3 is 10.2 Å². The number of carboxylic acid groups (broad SMARTS) is 1. The summed E-state index contributed by atoms with van der Waals surface area (Å²) in [5, 5.41) is 20.1. The Kier molecular flexibility index (Phi) is 11.3. The lowest BCUT2D eigenvalue weighted by atomic mass is 9.84. The van der Waals surface area contributed by atoms with Crippen molar-refractivity contribution in [2.45, 2.75) is 117 Å². The van der Waals surface area contributed by atoms with Crippen molar-refractivity contribution in [2.75, 3.05) is 0 Å². The van der Waals surface area contributed by atoms with E-state index < -0.39 is 5.97 Å². The molecule has 0 aromatic heterocycles. The van der Waals surface area contributed by atoms with E-state index in [1.807, 2.05) is 12.1 Å². The molecule has 0 bridgehead atoms. The zero-order valence-electron chi connectivity index (χ0n) is 18.8. The van der Waals surface area contributed by atoms with Gasteiger partial charge in [-0.05, 0) is 40.9 Å². The Morgan fingerprint density at radius 3 is 1.75 bits per heavy atom. The molecular formula is C25H42O3. The molecule has 0 saturated carbocycles. The molecule has 0 radical (unpaired) electrons. The summed E-state index contributed by atoms with van der Waals surface area (Å²) in [4.78, 5) is 11.5. The van der Waals surface area contributed by atoms with Crippen LogP contribution in [0.25, 0.3) is 0 Å². The van der Waals surface area contributed by atoms with Gasteiger partial charge in [-0.3, -0.25) is 4.79 Å². The van der Waals surface area contributed by atoms with Gasteiger partial charge in [-0.1, -0.05) is 98.1 Å². The molecule has 1 aromatic rings. The van der Waals surface area contributed by atoms with Gasteiger partial charge in [0, 0.05) is 0 Å². The minimum Gasteiger partial charge on any atom is -0.507 e. The second-order valence-electron chi connectivity index (χ2n) is 8.92. The molecule has 0 aliphatic carbocycles. The topological polar surface area (TPSA) is 57.5 Å². The largest absolute Gasteiger partial charge is 0.507 e. The second-order valence-corrected chi connectivity index (χ2v) is 8.92. The number of unbranched alkanes of at least 4 members (excludes halogenated alkanes) is 7. The number of carboxylic acids is 1. The van der Waals surface area contributed by atoms with Crippen LogP contribution in [0.15, 0.2) is 12.1 Å². The van der Waals surface area contributed by atoms with Gasteiger partial charge in [0.25, 0.3) is 0 Å². The van der Waals surface area contributed by atoms with E-state index in [-0.39, 0.29) is 24.2 Å². The van der Waals surface area contributed by atoms with Crippen LogP contribution in [-0.4, -0.2) is 16.2 Å². The molecule has 0 heterocycles. The Bertz CT molecular complexity index is 560. The lowest BCUT2D eigenvalue weighted by Crippen LogP contribution is -2.09. The summed E-state index contributed by atoms with van der Waals surface area (Å²) >= 11 is 0. The number of phenolic OH excluding ortho intramolecular Hbond substituents is 1. The Hall–Kier alpha value is -1.51. The maximum absolute atomic E-state index is 11.5. The highest BCUT2D eigenvalue weighted by molar-refractivity contribution is 5.68.